The Morgan fingerprint density at radius 2 is 1.56 bits per heavy atom. The number of aryl methyl sites for hydroxylation is 1. The highest BCUT2D eigenvalue weighted by Crippen LogP contribution is 2.19. The van der Waals surface area contributed by atoms with Gasteiger partial charge in [0.05, 0.1) is 11.4 Å². The number of nitrogens with zero attached hydrogens (tertiary/aromatic N) is 2. The molecular formula is C16H14N2. The van der Waals surface area contributed by atoms with Gasteiger partial charge in [0, 0.05) is 5.56 Å². The molecule has 0 atom stereocenters. The third kappa shape index (κ3) is 2.82. The molecule has 0 aliphatic rings. The van der Waals surface area contributed by atoms with Crippen LogP contribution in [0.25, 0.3) is 6.08 Å². The molecule has 0 amide bonds. The van der Waals surface area contributed by atoms with Gasteiger partial charge in [-0.3, -0.25) is 0 Å². The quantitative estimate of drug-likeness (QED) is 0.683. The zero-order valence-electron chi connectivity index (χ0n) is 10.3. The minimum atomic E-state index is 0.824. The highest BCUT2D eigenvalue weighted by atomic mass is 14.8. The number of para-hydroxylation sites is 2. The van der Waals surface area contributed by atoms with Crippen LogP contribution < -0.4 is 0 Å². The Balaban J connectivity index is 2.31. The van der Waals surface area contributed by atoms with E-state index in [1.54, 1.807) is 6.08 Å². The molecule has 0 heterocycles. The first-order chi connectivity index (χ1) is 8.81. The van der Waals surface area contributed by atoms with E-state index in [0.717, 1.165) is 22.5 Å². The van der Waals surface area contributed by atoms with E-state index in [1.807, 2.05) is 55.5 Å². The lowest BCUT2D eigenvalue weighted by Crippen LogP contribution is -1.73. The SMILES string of the molecule is C=Cc1ccccc1N=C=Nc1ccccc1C. The lowest BCUT2D eigenvalue weighted by atomic mass is 10.2. The van der Waals surface area contributed by atoms with Gasteiger partial charge in [-0.2, -0.15) is 9.98 Å². The zero-order chi connectivity index (χ0) is 12.8. The van der Waals surface area contributed by atoms with Crippen LogP contribution in [0, 0.1) is 6.92 Å². The highest BCUT2D eigenvalue weighted by Gasteiger charge is 1.94. The normalized spacial score (nSPS) is 9.39. The van der Waals surface area contributed by atoms with Gasteiger partial charge in [-0.15, -0.1) is 0 Å². The van der Waals surface area contributed by atoms with E-state index in [4.69, 9.17) is 0 Å². The van der Waals surface area contributed by atoms with Crippen molar-refractivity contribution in [2.24, 2.45) is 9.98 Å². The molecule has 2 heteroatoms. The fraction of sp³-hybridized carbons (Fsp3) is 0.0625. The van der Waals surface area contributed by atoms with E-state index in [2.05, 4.69) is 22.6 Å². The van der Waals surface area contributed by atoms with Gasteiger partial charge in [-0.25, -0.2) is 0 Å². The summed E-state index contributed by atoms with van der Waals surface area (Å²) in [6, 6.07) is 18.4. The van der Waals surface area contributed by atoms with Crippen LogP contribution in [0.4, 0.5) is 11.4 Å². The van der Waals surface area contributed by atoms with Gasteiger partial charge >= 0.3 is 0 Å². The Hall–Kier alpha value is -2.44. The van der Waals surface area contributed by atoms with Crippen LogP contribution in [0.5, 0.6) is 0 Å². The zero-order valence-corrected chi connectivity index (χ0v) is 10.3. The minimum absolute atomic E-state index is 0.824. The maximum atomic E-state index is 4.23. The Kier molecular flexibility index (Phi) is 3.85. The molecule has 0 fully saturated rings. The Morgan fingerprint density at radius 3 is 2.28 bits per heavy atom. The van der Waals surface area contributed by atoms with Crippen LogP contribution in [-0.4, -0.2) is 6.01 Å². The lowest BCUT2D eigenvalue weighted by Gasteiger charge is -1.96. The summed E-state index contributed by atoms with van der Waals surface area (Å²) < 4.78 is 0. The maximum Gasteiger partial charge on any atom is 0.101 e. The molecular weight excluding hydrogens is 220 g/mol. The van der Waals surface area contributed by atoms with Crippen molar-refractivity contribution in [1.29, 1.82) is 0 Å². The molecule has 2 aromatic carbocycles. The maximum absolute atomic E-state index is 4.23. The third-order valence-corrected chi connectivity index (χ3v) is 2.61. The van der Waals surface area contributed by atoms with Gasteiger partial charge in [0.2, 0.25) is 0 Å². The van der Waals surface area contributed by atoms with Gasteiger partial charge in [0.1, 0.15) is 6.01 Å². The van der Waals surface area contributed by atoms with Gasteiger partial charge < -0.3 is 0 Å². The standard InChI is InChI=1S/C16H14N2/c1-3-14-9-5-7-11-16(14)18-12-17-15-10-6-4-8-13(15)2/h3-11H,1H2,2H3. The van der Waals surface area contributed by atoms with E-state index in [1.165, 1.54) is 0 Å². The van der Waals surface area contributed by atoms with Crippen molar-refractivity contribution < 1.29 is 0 Å². The molecule has 2 rings (SSSR count). The Morgan fingerprint density at radius 1 is 0.944 bits per heavy atom. The molecule has 0 aromatic heterocycles. The summed E-state index contributed by atoms with van der Waals surface area (Å²) in [4.78, 5) is 8.45. The largest absolute Gasteiger partial charge is 0.187 e. The smallest absolute Gasteiger partial charge is 0.101 e. The number of rotatable bonds is 3. The Labute approximate surface area is 107 Å². The van der Waals surface area contributed by atoms with Crippen LogP contribution in [0.2, 0.25) is 0 Å². The molecule has 2 aromatic rings. The van der Waals surface area contributed by atoms with Crippen LogP contribution >= 0.6 is 0 Å². The van der Waals surface area contributed by atoms with Crippen LogP contribution in [0.1, 0.15) is 11.1 Å². The van der Waals surface area contributed by atoms with Crippen molar-refractivity contribution in [2.75, 3.05) is 0 Å². The summed E-state index contributed by atoms with van der Waals surface area (Å²) in [5, 5.41) is 0. The third-order valence-electron chi connectivity index (χ3n) is 2.61. The molecule has 88 valence electrons. The van der Waals surface area contributed by atoms with Gasteiger partial charge in [-0.1, -0.05) is 49.1 Å². The molecule has 18 heavy (non-hydrogen) atoms. The van der Waals surface area contributed by atoms with Gasteiger partial charge in [0.15, 0.2) is 0 Å². The van der Waals surface area contributed by atoms with Crippen molar-refractivity contribution in [3.05, 3.63) is 66.2 Å². The number of aliphatic imine (C=N–C) groups is 2. The summed E-state index contributed by atoms with van der Waals surface area (Å²) in [6.07, 6.45) is 1.77. The molecule has 0 aliphatic heterocycles. The summed E-state index contributed by atoms with van der Waals surface area (Å²) in [7, 11) is 0. The van der Waals surface area contributed by atoms with E-state index in [0.29, 0.717) is 0 Å². The van der Waals surface area contributed by atoms with Crippen LogP contribution in [0.3, 0.4) is 0 Å². The van der Waals surface area contributed by atoms with Gasteiger partial charge in [-0.05, 0) is 24.6 Å². The first-order valence-electron chi connectivity index (χ1n) is 5.75. The summed E-state index contributed by atoms with van der Waals surface area (Å²) >= 11 is 0. The predicted molar refractivity (Wildman–Crippen MR) is 76.9 cm³/mol. The van der Waals surface area contributed by atoms with E-state index in [-0.39, 0.29) is 0 Å². The summed E-state index contributed by atoms with van der Waals surface area (Å²) in [5.41, 5.74) is 3.80. The molecule has 0 bridgehead atoms. The summed E-state index contributed by atoms with van der Waals surface area (Å²) in [6.45, 7) is 5.77. The Bertz CT molecular complexity index is 620. The van der Waals surface area contributed by atoms with Crippen molar-refractivity contribution >= 4 is 23.5 Å². The minimum Gasteiger partial charge on any atom is -0.187 e. The fourth-order valence-electron chi connectivity index (χ4n) is 1.58. The molecule has 0 saturated heterocycles. The van der Waals surface area contributed by atoms with E-state index < -0.39 is 0 Å². The van der Waals surface area contributed by atoms with Crippen molar-refractivity contribution in [1.82, 2.24) is 0 Å². The molecule has 0 N–H and O–H groups in total. The second-order valence-electron chi connectivity index (χ2n) is 3.87. The number of hydrogen-bond donors (Lipinski definition) is 0. The highest BCUT2D eigenvalue weighted by molar-refractivity contribution is 5.67. The van der Waals surface area contributed by atoms with Crippen molar-refractivity contribution in [3.8, 4) is 0 Å². The number of hydrogen-bond acceptors (Lipinski definition) is 2. The molecule has 0 spiro atoms. The average molecular weight is 234 g/mol. The fourth-order valence-corrected chi connectivity index (χ4v) is 1.58. The van der Waals surface area contributed by atoms with Crippen molar-refractivity contribution in [2.45, 2.75) is 6.92 Å². The predicted octanol–water partition coefficient (Wildman–Crippen LogP) is 4.78. The molecule has 0 aliphatic carbocycles. The summed E-state index contributed by atoms with van der Waals surface area (Å²) in [5.74, 6) is 0. The average Bonchev–Trinajstić information content (AvgIpc) is 2.41. The second-order valence-corrected chi connectivity index (χ2v) is 3.87. The monoisotopic (exact) mass is 234 g/mol. The molecule has 0 unspecified atom stereocenters. The van der Waals surface area contributed by atoms with E-state index >= 15 is 0 Å². The first kappa shape index (κ1) is 12.0. The van der Waals surface area contributed by atoms with Crippen LogP contribution in [0.15, 0.2) is 65.1 Å². The topological polar surface area (TPSA) is 24.7 Å². The molecule has 0 saturated carbocycles. The molecule has 2 nitrogen and oxygen atoms in total. The lowest BCUT2D eigenvalue weighted by molar-refractivity contribution is 1.40. The van der Waals surface area contributed by atoms with Crippen molar-refractivity contribution in [3.63, 3.8) is 0 Å². The van der Waals surface area contributed by atoms with E-state index in [9.17, 15) is 0 Å². The second kappa shape index (κ2) is 5.76. The van der Waals surface area contributed by atoms with Crippen LogP contribution in [-0.2, 0) is 0 Å². The number of benzene rings is 2. The van der Waals surface area contributed by atoms with Gasteiger partial charge in [0.25, 0.3) is 0 Å². The first-order valence-corrected chi connectivity index (χ1v) is 5.75. The molecule has 0 radical (unpaired) electrons.